The lowest BCUT2D eigenvalue weighted by atomic mass is 10.0. The molecule has 248 valence electrons. The molecule has 0 aliphatic rings. The Labute approximate surface area is 290 Å². The van der Waals surface area contributed by atoms with Crippen LogP contribution in [0.5, 0.6) is 0 Å². The average Bonchev–Trinajstić information content (AvgIpc) is 3.89. The van der Waals surface area contributed by atoms with Crippen molar-refractivity contribution in [1.29, 1.82) is 0 Å². The molecule has 0 aromatic carbocycles. The standard InChI is InChI=1S/C37H54O3S4Si/c1-5-6-7-8-9-10-11-12-13-14-15-16-17-18-19-20-21-30-22-23-31(41-30)32-24-25-33(42-32)34-26-27-35(43-34)36-28-29-37(44-36)45(38-2,39-3)40-4/h22-29H,5-21H2,1-4H3. The maximum Gasteiger partial charge on any atom is 0.546 e. The van der Waals surface area contributed by atoms with E-state index in [9.17, 15) is 0 Å². The summed E-state index contributed by atoms with van der Waals surface area (Å²) in [5, 5.41) is 0. The van der Waals surface area contributed by atoms with Crippen LogP contribution < -0.4 is 4.50 Å². The Hall–Kier alpha value is -1.10. The van der Waals surface area contributed by atoms with Crippen molar-refractivity contribution in [3.63, 3.8) is 0 Å². The summed E-state index contributed by atoms with van der Waals surface area (Å²) in [4.78, 5) is 9.43. The zero-order valence-electron chi connectivity index (χ0n) is 28.0. The minimum Gasteiger partial charge on any atom is -0.373 e. The van der Waals surface area contributed by atoms with Crippen molar-refractivity contribution in [2.75, 3.05) is 21.3 Å². The molecule has 4 aromatic heterocycles. The van der Waals surface area contributed by atoms with Gasteiger partial charge in [0, 0.05) is 55.5 Å². The summed E-state index contributed by atoms with van der Waals surface area (Å²) in [7, 11) is 2.19. The molecule has 0 aliphatic heterocycles. The molecule has 0 radical (unpaired) electrons. The van der Waals surface area contributed by atoms with Crippen molar-refractivity contribution in [3.8, 4) is 29.3 Å². The monoisotopic (exact) mass is 702 g/mol. The fraction of sp³-hybridized carbons (Fsp3) is 0.568. The second kappa shape index (κ2) is 20.3. The van der Waals surface area contributed by atoms with Gasteiger partial charge in [0.05, 0.1) is 4.50 Å². The summed E-state index contributed by atoms with van der Waals surface area (Å²) >= 11 is 7.43. The normalized spacial score (nSPS) is 12.0. The van der Waals surface area contributed by atoms with Crippen LogP contribution in [0.1, 0.15) is 115 Å². The van der Waals surface area contributed by atoms with Gasteiger partial charge in [-0.25, -0.2) is 0 Å². The third kappa shape index (κ3) is 11.2. The highest BCUT2D eigenvalue weighted by Crippen LogP contribution is 2.42. The van der Waals surface area contributed by atoms with E-state index in [-0.39, 0.29) is 0 Å². The van der Waals surface area contributed by atoms with Crippen LogP contribution in [0.15, 0.2) is 48.5 Å². The van der Waals surface area contributed by atoms with E-state index in [4.69, 9.17) is 13.3 Å². The molecule has 4 rings (SSSR count). The highest BCUT2D eigenvalue weighted by Gasteiger charge is 2.42. The Bertz CT molecular complexity index is 1340. The average molecular weight is 703 g/mol. The Kier molecular flexibility index (Phi) is 16.6. The van der Waals surface area contributed by atoms with E-state index in [1.54, 1.807) is 32.7 Å². The van der Waals surface area contributed by atoms with E-state index in [0.29, 0.717) is 0 Å². The van der Waals surface area contributed by atoms with Crippen LogP contribution in [-0.2, 0) is 19.7 Å². The maximum atomic E-state index is 5.67. The lowest BCUT2D eigenvalue weighted by Gasteiger charge is -2.22. The third-order valence-corrected chi connectivity index (χ3v) is 16.8. The zero-order chi connectivity index (χ0) is 31.7. The Morgan fingerprint density at radius 1 is 0.422 bits per heavy atom. The van der Waals surface area contributed by atoms with E-state index in [1.807, 2.05) is 34.0 Å². The van der Waals surface area contributed by atoms with Gasteiger partial charge in [-0.3, -0.25) is 0 Å². The predicted octanol–water partition coefficient (Wildman–Crippen LogP) is 12.8. The molecule has 0 unspecified atom stereocenters. The summed E-state index contributed by atoms with van der Waals surface area (Å²) in [6, 6.07) is 18.0. The van der Waals surface area contributed by atoms with Gasteiger partial charge in [0.1, 0.15) is 0 Å². The molecule has 0 N–H and O–H groups in total. The lowest BCUT2D eigenvalue weighted by molar-refractivity contribution is 0.141. The summed E-state index contributed by atoms with van der Waals surface area (Å²) in [5.41, 5.74) is 0. The van der Waals surface area contributed by atoms with Crippen LogP contribution in [0.3, 0.4) is 0 Å². The molecule has 0 fully saturated rings. The number of unbranched alkanes of at least 4 members (excludes halogenated alkanes) is 15. The Morgan fingerprint density at radius 2 is 0.778 bits per heavy atom. The predicted molar refractivity (Wildman–Crippen MR) is 204 cm³/mol. The van der Waals surface area contributed by atoms with E-state index >= 15 is 0 Å². The van der Waals surface area contributed by atoms with Crippen molar-refractivity contribution < 1.29 is 13.3 Å². The molecule has 45 heavy (non-hydrogen) atoms. The van der Waals surface area contributed by atoms with Crippen LogP contribution >= 0.6 is 45.3 Å². The molecule has 8 heteroatoms. The van der Waals surface area contributed by atoms with Gasteiger partial charge in [-0.05, 0) is 61.4 Å². The second-order valence-corrected chi connectivity index (χ2v) is 19.6. The quantitative estimate of drug-likeness (QED) is 0.0537. The van der Waals surface area contributed by atoms with Gasteiger partial charge >= 0.3 is 8.80 Å². The van der Waals surface area contributed by atoms with Crippen LogP contribution in [-0.4, -0.2) is 30.1 Å². The van der Waals surface area contributed by atoms with Gasteiger partial charge in [0.15, 0.2) is 0 Å². The fourth-order valence-electron chi connectivity index (χ4n) is 5.88. The van der Waals surface area contributed by atoms with Crippen molar-refractivity contribution in [3.05, 3.63) is 53.4 Å². The molecule has 0 bridgehead atoms. The van der Waals surface area contributed by atoms with Gasteiger partial charge < -0.3 is 13.3 Å². The first kappa shape index (κ1) is 36.7. The molecular formula is C37H54O3S4Si. The minimum absolute atomic E-state index is 1.03. The molecule has 0 saturated carbocycles. The highest BCUT2D eigenvalue weighted by molar-refractivity contribution is 7.31. The summed E-state index contributed by atoms with van der Waals surface area (Å²) < 4.78 is 18.1. The molecule has 0 atom stereocenters. The number of thiophene rings is 4. The van der Waals surface area contributed by atoms with Gasteiger partial charge in [0.2, 0.25) is 0 Å². The largest absolute Gasteiger partial charge is 0.546 e. The summed E-state index contributed by atoms with van der Waals surface area (Å²) in [5.74, 6) is 0. The van der Waals surface area contributed by atoms with E-state index in [2.05, 4.69) is 55.5 Å². The number of hydrogen-bond acceptors (Lipinski definition) is 7. The molecule has 0 aliphatic carbocycles. The highest BCUT2D eigenvalue weighted by atomic mass is 32.1. The van der Waals surface area contributed by atoms with Gasteiger partial charge in [-0.2, -0.15) is 0 Å². The SMILES string of the molecule is CCCCCCCCCCCCCCCCCCc1ccc(-c2ccc(-c3ccc(-c4ccc([Si](OC)(OC)OC)s4)s3)s2)s1. The molecule has 4 heterocycles. The summed E-state index contributed by atoms with van der Waals surface area (Å²) in [6.45, 7) is 2.30. The molecular weight excluding hydrogens is 649 g/mol. The Balaban J connectivity index is 1.12. The number of rotatable bonds is 24. The van der Waals surface area contributed by atoms with Crippen LogP contribution in [0, 0.1) is 0 Å². The Morgan fingerprint density at radius 3 is 1.22 bits per heavy atom. The smallest absolute Gasteiger partial charge is 0.373 e. The fourth-order valence-corrected chi connectivity index (χ4v) is 12.9. The molecule has 0 saturated heterocycles. The van der Waals surface area contributed by atoms with Crippen molar-refractivity contribution >= 4 is 58.7 Å². The maximum absolute atomic E-state index is 5.67. The van der Waals surface area contributed by atoms with E-state index in [0.717, 1.165) is 4.50 Å². The first-order valence-electron chi connectivity index (χ1n) is 17.2. The number of aryl methyl sites for hydroxylation is 1. The van der Waals surface area contributed by atoms with Crippen LogP contribution in [0.25, 0.3) is 29.3 Å². The van der Waals surface area contributed by atoms with Gasteiger partial charge in [-0.15, -0.1) is 45.3 Å². The molecule has 3 nitrogen and oxygen atoms in total. The molecule has 0 spiro atoms. The zero-order valence-corrected chi connectivity index (χ0v) is 32.3. The summed E-state index contributed by atoms with van der Waals surface area (Å²) in [6.07, 6.45) is 24.0. The first-order chi connectivity index (χ1) is 22.1. The van der Waals surface area contributed by atoms with Gasteiger partial charge in [0.25, 0.3) is 0 Å². The van der Waals surface area contributed by atoms with Crippen molar-refractivity contribution in [2.45, 2.75) is 116 Å². The van der Waals surface area contributed by atoms with Crippen molar-refractivity contribution in [1.82, 2.24) is 0 Å². The van der Waals surface area contributed by atoms with Crippen LogP contribution in [0.4, 0.5) is 0 Å². The molecule has 0 amide bonds. The van der Waals surface area contributed by atoms with Gasteiger partial charge in [-0.1, -0.05) is 103 Å². The second-order valence-electron chi connectivity index (χ2n) is 12.0. The van der Waals surface area contributed by atoms with E-state index in [1.165, 1.54) is 143 Å². The van der Waals surface area contributed by atoms with E-state index < -0.39 is 8.80 Å². The third-order valence-electron chi connectivity index (χ3n) is 8.59. The first-order valence-corrected chi connectivity index (χ1v) is 22.2. The molecule has 4 aromatic rings. The lowest BCUT2D eigenvalue weighted by Crippen LogP contribution is -2.53. The topological polar surface area (TPSA) is 27.7 Å². The van der Waals surface area contributed by atoms with Crippen molar-refractivity contribution in [2.24, 2.45) is 0 Å². The van der Waals surface area contributed by atoms with Crippen LogP contribution in [0.2, 0.25) is 0 Å². The minimum atomic E-state index is -2.80. The number of hydrogen-bond donors (Lipinski definition) is 0.